The summed E-state index contributed by atoms with van der Waals surface area (Å²) in [4.78, 5) is 15.3. The number of nitrogens with zero attached hydrogens (tertiary/aromatic N) is 1. The van der Waals surface area contributed by atoms with Crippen LogP contribution in [0.5, 0.6) is 0 Å². The maximum atomic E-state index is 12.7. The zero-order chi connectivity index (χ0) is 14.3. The summed E-state index contributed by atoms with van der Waals surface area (Å²) >= 11 is 4.95. The average molecular weight is 353 g/mol. The summed E-state index contributed by atoms with van der Waals surface area (Å²) in [6.45, 7) is 3.89. The molecule has 0 saturated carbocycles. The van der Waals surface area contributed by atoms with Crippen molar-refractivity contribution in [2.45, 2.75) is 19.8 Å². The molecule has 2 aromatic rings. The molecule has 1 atom stereocenters. The number of likely N-dealkylation sites (tertiary alicyclic amines) is 1. The first-order valence-electron chi connectivity index (χ1n) is 6.83. The molecule has 3 nitrogen and oxygen atoms in total. The second kappa shape index (κ2) is 5.37. The predicted molar refractivity (Wildman–Crippen MR) is 88.2 cm³/mol. The lowest BCUT2D eigenvalue weighted by Gasteiger charge is -2.30. The molecule has 0 radical (unpaired) electrons. The smallest absolute Gasteiger partial charge is 0.266 e. The van der Waals surface area contributed by atoms with Gasteiger partial charge in [-0.15, -0.1) is 11.3 Å². The van der Waals surface area contributed by atoms with Crippen molar-refractivity contribution in [3.05, 3.63) is 27.5 Å². The molecule has 106 valence electrons. The third-order valence-corrected chi connectivity index (χ3v) is 5.48. The number of piperidine rings is 1. The third kappa shape index (κ3) is 2.44. The Hall–Kier alpha value is -1.07. The van der Waals surface area contributed by atoms with Crippen molar-refractivity contribution in [2.24, 2.45) is 5.92 Å². The molecule has 1 unspecified atom stereocenters. The van der Waals surface area contributed by atoms with Gasteiger partial charge in [-0.2, -0.15) is 0 Å². The van der Waals surface area contributed by atoms with Gasteiger partial charge in [0.05, 0.1) is 5.69 Å². The zero-order valence-electron chi connectivity index (χ0n) is 11.4. The first-order chi connectivity index (χ1) is 9.56. The van der Waals surface area contributed by atoms with E-state index in [1.165, 1.54) is 17.8 Å². The minimum atomic E-state index is 0.0892. The molecule has 5 heteroatoms. The Morgan fingerprint density at radius 3 is 3.05 bits per heavy atom. The number of halogens is 1. The van der Waals surface area contributed by atoms with Gasteiger partial charge in [-0.3, -0.25) is 4.79 Å². The molecule has 20 heavy (non-hydrogen) atoms. The Bertz CT molecular complexity index is 667. The van der Waals surface area contributed by atoms with E-state index in [1.807, 2.05) is 23.1 Å². The van der Waals surface area contributed by atoms with E-state index in [0.717, 1.165) is 34.1 Å². The van der Waals surface area contributed by atoms with Gasteiger partial charge >= 0.3 is 0 Å². The number of hydrogen-bond acceptors (Lipinski definition) is 3. The minimum Gasteiger partial charge on any atom is -0.397 e. The van der Waals surface area contributed by atoms with Crippen molar-refractivity contribution in [1.29, 1.82) is 0 Å². The second-order valence-corrected chi connectivity index (χ2v) is 7.45. The molecule has 1 aliphatic heterocycles. The van der Waals surface area contributed by atoms with Crippen molar-refractivity contribution in [1.82, 2.24) is 4.90 Å². The highest BCUT2D eigenvalue weighted by Gasteiger charge is 2.25. The normalized spacial score (nSPS) is 19.5. The van der Waals surface area contributed by atoms with E-state index in [2.05, 4.69) is 22.9 Å². The number of nitrogens with two attached hydrogens (primary N) is 1. The lowest BCUT2D eigenvalue weighted by atomic mass is 10.00. The predicted octanol–water partition coefficient (Wildman–Crippen LogP) is 4.12. The van der Waals surface area contributed by atoms with Crippen LogP contribution < -0.4 is 5.73 Å². The molecule has 1 fully saturated rings. The standard InChI is InChI=1S/C15H17BrN2OS/c1-9-3-2-6-18(8-9)15(19)14-13(17)11-5-4-10(16)7-12(11)20-14/h4-5,7,9H,2-3,6,8,17H2,1H3. The molecule has 1 saturated heterocycles. The average Bonchev–Trinajstić information content (AvgIpc) is 2.74. The van der Waals surface area contributed by atoms with Crippen LogP contribution in [0.1, 0.15) is 29.4 Å². The van der Waals surface area contributed by atoms with Crippen LogP contribution in [0.3, 0.4) is 0 Å². The Morgan fingerprint density at radius 1 is 1.50 bits per heavy atom. The van der Waals surface area contributed by atoms with E-state index in [0.29, 0.717) is 16.5 Å². The number of carbonyl (C=O) groups is 1. The minimum absolute atomic E-state index is 0.0892. The topological polar surface area (TPSA) is 46.3 Å². The monoisotopic (exact) mass is 352 g/mol. The lowest BCUT2D eigenvalue weighted by molar-refractivity contribution is 0.0689. The zero-order valence-corrected chi connectivity index (χ0v) is 13.8. The molecule has 1 aromatic heterocycles. The van der Waals surface area contributed by atoms with Crippen molar-refractivity contribution in [3.63, 3.8) is 0 Å². The van der Waals surface area contributed by atoms with Gasteiger partial charge in [-0.1, -0.05) is 28.9 Å². The molecule has 3 rings (SSSR count). The summed E-state index contributed by atoms with van der Waals surface area (Å²) in [5, 5.41) is 0.978. The number of amides is 1. The van der Waals surface area contributed by atoms with Crippen molar-refractivity contribution < 1.29 is 4.79 Å². The number of hydrogen-bond donors (Lipinski definition) is 1. The number of fused-ring (bicyclic) bond motifs is 1. The molecule has 0 bridgehead atoms. The molecule has 1 aliphatic rings. The van der Waals surface area contributed by atoms with Crippen molar-refractivity contribution in [3.8, 4) is 0 Å². The molecular formula is C15H17BrN2OS. The van der Waals surface area contributed by atoms with Gasteiger partial charge in [0.15, 0.2) is 0 Å². The first kappa shape index (κ1) is 13.9. The van der Waals surface area contributed by atoms with Crippen LogP contribution in [0.4, 0.5) is 5.69 Å². The number of anilines is 1. The second-order valence-electron chi connectivity index (χ2n) is 5.48. The molecule has 1 aromatic carbocycles. The number of nitrogen functional groups attached to an aromatic ring is 1. The highest BCUT2D eigenvalue weighted by atomic mass is 79.9. The van der Waals surface area contributed by atoms with Crippen LogP contribution >= 0.6 is 27.3 Å². The van der Waals surface area contributed by atoms with Gasteiger partial charge in [0.1, 0.15) is 4.88 Å². The number of carbonyl (C=O) groups excluding carboxylic acids is 1. The summed E-state index contributed by atoms with van der Waals surface area (Å²) < 4.78 is 2.07. The van der Waals surface area contributed by atoms with E-state index in [4.69, 9.17) is 5.73 Å². The quantitative estimate of drug-likeness (QED) is 0.838. The van der Waals surface area contributed by atoms with Crippen LogP contribution in [-0.4, -0.2) is 23.9 Å². The highest BCUT2D eigenvalue weighted by Crippen LogP contribution is 2.36. The molecular weight excluding hydrogens is 336 g/mol. The van der Waals surface area contributed by atoms with Crippen molar-refractivity contribution in [2.75, 3.05) is 18.8 Å². The maximum Gasteiger partial charge on any atom is 0.266 e. The van der Waals surface area contributed by atoms with E-state index >= 15 is 0 Å². The van der Waals surface area contributed by atoms with E-state index in [-0.39, 0.29) is 5.91 Å². The van der Waals surface area contributed by atoms with Crippen LogP contribution in [-0.2, 0) is 0 Å². The molecule has 2 heterocycles. The highest BCUT2D eigenvalue weighted by molar-refractivity contribution is 9.10. The van der Waals surface area contributed by atoms with Crippen LogP contribution in [0, 0.1) is 5.92 Å². The number of thiophene rings is 1. The van der Waals surface area contributed by atoms with Gasteiger partial charge in [0, 0.05) is 27.6 Å². The number of rotatable bonds is 1. The molecule has 2 N–H and O–H groups in total. The van der Waals surface area contributed by atoms with E-state index in [9.17, 15) is 4.79 Å². The fourth-order valence-corrected chi connectivity index (χ4v) is 4.41. The Kier molecular flexibility index (Phi) is 3.73. The summed E-state index contributed by atoms with van der Waals surface area (Å²) in [5.41, 5.74) is 6.80. The summed E-state index contributed by atoms with van der Waals surface area (Å²) in [5.74, 6) is 0.670. The molecule has 0 spiro atoms. The largest absolute Gasteiger partial charge is 0.397 e. The Labute approximate surface area is 130 Å². The van der Waals surface area contributed by atoms with Gasteiger partial charge in [-0.05, 0) is 30.9 Å². The van der Waals surface area contributed by atoms with Crippen LogP contribution in [0.15, 0.2) is 22.7 Å². The SMILES string of the molecule is CC1CCCN(C(=O)c2sc3cc(Br)ccc3c2N)C1. The summed E-state index contributed by atoms with van der Waals surface area (Å²) in [6, 6.07) is 5.95. The first-order valence-corrected chi connectivity index (χ1v) is 8.44. The lowest BCUT2D eigenvalue weighted by Crippen LogP contribution is -2.38. The van der Waals surface area contributed by atoms with Gasteiger partial charge in [-0.25, -0.2) is 0 Å². The third-order valence-electron chi connectivity index (χ3n) is 3.83. The van der Waals surface area contributed by atoms with Gasteiger partial charge in [0.25, 0.3) is 5.91 Å². The fourth-order valence-electron chi connectivity index (χ4n) is 2.77. The van der Waals surface area contributed by atoms with Crippen LogP contribution in [0.2, 0.25) is 0 Å². The van der Waals surface area contributed by atoms with E-state index in [1.54, 1.807) is 0 Å². The van der Waals surface area contributed by atoms with Crippen LogP contribution in [0.25, 0.3) is 10.1 Å². The maximum absolute atomic E-state index is 12.7. The van der Waals surface area contributed by atoms with E-state index < -0.39 is 0 Å². The van der Waals surface area contributed by atoms with Gasteiger partial charge < -0.3 is 10.6 Å². The molecule has 1 amide bonds. The van der Waals surface area contributed by atoms with Crippen molar-refractivity contribution >= 4 is 48.9 Å². The Morgan fingerprint density at radius 2 is 2.30 bits per heavy atom. The van der Waals surface area contributed by atoms with Gasteiger partial charge in [0.2, 0.25) is 0 Å². The molecule has 0 aliphatic carbocycles. The summed E-state index contributed by atoms with van der Waals surface area (Å²) in [6.07, 6.45) is 2.29. The fraction of sp³-hybridized carbons (Fsp3) is 0.400. The number of benzene rings is 1. The Balaban J connectivity index is 1.97. The summed E-state index contributed by atoms with van der Waals surface area (Å²) in [7, 11) is 0.